The van der Waals surface area contributed by atoms with E-state index in [4.69, 9.17) is 0 Å². The second kappa shape index (κ2) is 2.47. The molecule has 0 radical (unpaired) electrons. The summed E-state index contributed by atoms with van der Waals surface area (Å²) in [7, 11) is 1.35. The third-order valence-electron chi connectivity index (χ3n) is 0.718. The number of rotatable bonds is 0. The predicted octanol–water partition coefficient (Wildman–Crippen LogP) is 1.11. The normalized spacial score (nSPS) is 8.50. The van der Waals surface area contributed by atoms with E-state index < -0.39 is 0 Å². The summed E-state index contributed by atoms with van der Waals surface area (Å²) in [4.78, 5) is 6.85. The van der Waals surface area contributed by atoms with Crippen molar-refractivity contribution in [2.45, 2.75) is 0 Å². The molecule has 1 rings (SSSR count). The van der Waals surface area contributed by atoms with Gasteiger partial charge in [-0.2, -0.15) is 0 Å². The van der Waals surface area contributed by atoms with Crippen LogP contribution < -0.4 is 0 Å². The summed E-state index contributed by atoms with van der Waals surface area (Å²) in [6, 6.07) is 1.83. The summed E-state index contributed by atoms with van der Waals surface area (Å²) in [5.74, 6) is 3.58. The van der Waals surface area contributed by atoms with Gasteiger partial charge < -0.3 is 4.98 Å². The molecule has 1 aromatic rings. The highest BCUT2D eigenvalue weighted by Gasteiger charge is 1.67. The van der Waals surface area contributed by atoms with Crippen molar-refractivity contribution < 1.29 is 0 Å². The molecule has 0 unspecified atom stereocenters. The fourth-order valence-electron chi connectivity index (χ4n) is 0.389. The van der Waals surface area contributed by atoms with Gasteiger partial charge in [-0.25, -0.2) is 4.98 Å². The summed E-state index contributed by atoms with van der Waals surface area (Å²) >= 11 is 0. The predicted molar refractivity (Wildman–Crippen MR) is 36.5 cm³/mol. The molecule has 0 aromatic carbocycles. The topological polar surface area (TPSA) is 28.7 Å². The van der Waals surface area contributed by atoms with Crippen molar-refractivity contribution in [2.75, 3.05) is 0 Å². The van der Waals surface area contributed by atoms with Crippen molar-refractivity contribution in [2.24, 2.45) is 0 Å². The van der Waals surface area contributed by atoms with Gasteiger partial charge >= 0.3 is 0 Å². The first kappa shape index (κ1) is 5.31. The second-order valence-corrected chi connectivity index (χ2v) is 1.91. The zero-order valence-corrected chi connectivity index (χ0v) is 5.11. The maximum atomic E-state index is 3.94. The van der Waals surface area contributed by atoms with E-state index in [0.717, 1.165) is 4.77 Å². The molecule has 1 N–H and O–H groups in total. The van der Waals surface area contributed by atoms with Gasteiger partial charge in [0, 0.05) is 12.4 Å². The zero-order valence-electron chi connectivity index (χ0n) is 4.29. The lowest BCUT2D eigenvalue weighted by molar-refractivity contribution is 1.13. The molecule has 42 valence electrons. The number of aromatic amines is 1. The summed E-state index contributed by atoms with van der Waals surface area (Å²) in [5.41, 5.74) is 0. The summed E-state index contributed by atoms with van der Waals surface area (Å²) in [5, 5.41) is 0. The number of nitrogens with zero attached hydrogens (tertiary/aromatic N) is 1. The van der Waals surface area contributed by atoms with Crippen LogP contribution in [0.25, 0.3) is 0 Å². The maximum absolute atomic E-state index is 3.94. The average Bonchev–Trinajstić information content (AvgIpc) is 1.90. The largest absolute Gasteiger partial charge is 0.338 e. The molecule has 0 saturated carbocycles. The Balaban J connectivity index is 3.41. The molecule has 1 heterocycles. The van der Waals surface area contributed by atoms with E-state index in [-0.39, 0.29) is 0 Å². The smallest absolute Gasteiger partial charge is 0.185 e. The third-order valence-corrected chi connectivity index (χ3v) is 1.21. The van der Waals surface area contributed by atoms with Gasteiger partial charge in [-0.15, -0.1) is 10.9 Å². The molecule has 0 bridgehead atoms. The Morgan fingerprint density at radius 1 is 1.75 bits per heavy atom. The van der Waals surface area contributed by atoms with Gasteiger partial charge in [0.25, 0.3) is 0 Å². The molecule has 1 aromatic heterocycles. The van der Waals surface area contributed by atoms with Crippen LogP contribution in [-0.4, -0.2) is 15.8 Å². The van der Waals surface area contributed by atoms with Crippen LogP contribution in [0, 0.1) is 4.77 Å². The fourth-order valence-corrected chi connectivity index (χ4v) is 0.676. The van der Waals surface area contributed by atoms with Crippen LogP contribution in [0.2, 0.25) is 0 Å². The maximum Gasteiger partial charge on any atom is 0.185 e. The summed E-state index contributed by atoms with van der Waals surface area (Å²) in [6.07, 6.45) is 3.55. The van der Waals surface area contributed by atoms with Crippen molar-refractivity contribution in [1.29, 1.82) is 0 Å². The van der Waals surface area contributed by atoms with Gasteiger partial charge in [-0.1, -0.05) is 0 Å². The Kier molecular flexibility index (Phi) is 1.64. The van der Waals surface area contributed by atoms with Gasteiger partial charge in [0.2, 0.25) is 0 Å². The third kappa shape index (κ3) is 1.07. The van der Waals surface area contributed by atoms with Gasteiger partial charge in [-0.3, -0.25) is 0 Å². The zero-order chi connectivity index (χ0) is 5.82. The Labute approximate surface area is 50.8 Å². The number of nitrogens with one attached hydrogen (secondary N) is 1. The van der Waals surface area contributed by atoms with E-state index in [9.17, 15) is 0 Å². The first-order valence-electron chi connectivity index (χ1n) is 2.18. The highest BCUT2D eigenvalue weighted by atomic mass is 32.1. The first-order valence-corrected chi connectivity index (χ1v) is 3.17. The summed E-state index contributed by atoms with van der Waals surface area (Å²) in [6.45, 7) is 0. The molecule has 0 atom stereocenters. The van der Waals surface area contributed by atoms with Gasteiger partial charge in [0.05, 0.1) is 0 Å². The van der Waals surface area contributed by atoms with E-state index in [2.05, 4.69) is 15.8 Å². The van der Waals surface area contributed by atoms with Crippen molar-refractivity contribution in [3.8, 4) is 0 Å². The van der Waals surface area contributed by atoms with Crippen LogP contribution in [0.1, 0.15) is 0 Å². The molecule has 0 aliphatic heterocycles. The Hall–Kier alpha value is -0.830. The van der Waals surface area contributed by atoms with Crippen molar-refractivity contribution >= 4 is 16.8 Å². The number of aromatic nitrogens is 2. The highest BCUT2D eigenvalue weighted by molar-refractivity contribution is 7.88. The average molecular weight is 126 g/mol. The lowest BCUT2D eigenvalue weighted by Crippen LogP contribution is -1.73. The van der Waals surface area contributed by atoms with Crippen molar-refractivity contribution in [1.82, 2.24) is 9.97 Å². The Morgan fingerprint density at radius 3 is 3.00 bits per heavy atom. The molecular formula is C5H6N2S. The lowest BCUT2D eigenvalue weighted by Gasteiger charge is -1.77. The minimum Gasteiger partial charge on any atom is -0.338 e. The molecule has 0 fully saturated rings. The minimum absolute atomic E-state index is 0.840. The van der Waals surface area contributed by atoms with Crippen LogP contribution in [0.3, 0.4) is 0 Å². The molecule has 0 spiro atoms. The van der Waals surface area contributed by atoms with Crippen LogP contribution >= 0.6 is 10.9 Å². The number of H-pyrrole nitrogens is 1. The lowest BCUT2D eigenvalue weighted by atomic mass is 10.7. The van der Waals surface area contributed by atoms with E-state index in [0.29, 0.717) is 0 Å². The molecule has 3 heteroatoms. The minimum atomic E-state index is 0.840. The second-order valence-electron chi connectivity index (χ2n) is 1.23. The van der Waals surface area contributed by atoms with Crippen molar-refractivity contribution in [3.63, 3.8) is 0 Å². The van der Waals surface area contributed by atoms with E-state index in [1.165, 1.54) is 10.9 Å². The summed E-state index contributed by atoms with van der Waals surface area (Å²) < 4.78 is 0.840. The van der Waals surface area contributed by atoms with E-state index >= 15 is 0 Å². The SMILES string of the molecule is C=S=c1nccc[nH]1. The Bertz CT molecular complexity index is 229. The molecule has 8 heavy (non-hydrogen) atoms. The monoisotopic (exact) mass is 126 g/mol. The molecule has 0 aliphatic carbocycles. The van der Waals surface area contributed by atoms with Gasteiger partial charge in [0.15, 0.2) is 4.77 Å². The van der Waals surface area contributed by atoms with E-state index in [1.807, 2.05) is 12.3 Å². The molecule has 0 saturated heterocycles. The van der Waals surface area contributed by atoms with Crippen LogP contribution in [0.4, 0.5) is 0 Å². The van der Waals surface area contributed by atoms with Crippen LogP contribution in [-0.2, 0) is 0 Å². The molecule has 0 aliphatic rings. The fraction of sp³-hybridized carbons (Fsp3) is 0. The van der Waals surface area contributed by atoms with Crippen LogP contribution in [0.15, 0.2) is 18.5 Å². The van der Waals surface area contributed by atoms with E-state index in [1.54, 1.807) is 6.20 Å². The Morgan fingerprint density at radius 2 is 2.62 bits per heavy atom. The van der Waals surface area contributed by atoms with Gasteiger partial charge in [0.1, 0.15) is 0 Å². The van der Waals surface area contributed by atoms with Crippen molar-refractivity contribution in [3.05, 3.63) is 23.2 Å². The molecular weight excluding hydrogens is 120 g/mol. The van der Waals surface area contributed by atoms with Crippen LogP contribution in [0.5, 0.6) is 0 Å². The number of hydrogen-bond acceptors (Lipinski definition) is 1. The van der Waals surface area contributed by atoms with Gasteiger partial charge in [-0.05, 0) is 11.9 Å². The molecule has 0 amide bonds. The highest BCUT2D eigenvalue weighted by Crippen LogP contribution is 1.76. The number of hydrogen-bond donors (Lipinski definition) is 1. The standard InChI is InChI=1S/C5H6N2S/c1-8-5-6-3-2-4-7-5/h2-4,6H,1H2. The first-order chi connectivity index (χ1) is 3.93. The quantitative estimate of drug-likeness (QED) is 0.518. The molecule has 2 nitrogen and oxygen atoms in total.